The molecule has 0 amide bonds. The molecule has 0 bridgehead atoms. The molecule has 2 aromatic carbocycles. The van der Waals surface area contributed by atoms with Crippen LogP contribution in [0.2, 0.25) is 0 Å². The Kier molecular flexibility index (Phi) is 6.75. The van der Waals surface area contributed by atoms with Gasteiger partial charge in [0.25, 0.3) is 10.0 Å². The molecule has 8 nitrogen and oxygen atoms in total. The van der Waals surface area contributed by atoms with E-state index in [1.165, 1.54) is 41.3 Å². The lowest BCUT2D eigenvalue weighted by atomic mass is 10.1. The molecule has 10 heteroatoms. The van der Waals surface area contributed by atoms with Crippen molar-refractivity contribution in [2.24, 2.45) is 0 Å². The van der Waals surface area contributed by atoms with Crippen molar-refractivity contribution in [2.45, 2.75) is 18.7 Å². The molecule has 0 atom stereocenters. The molecule has 0 unspecified atom stereocenters. The number of benzene rings is 2. The van der Waals surface area contributed by atoms with Crippen LogP contribution >= 0.6 is 12.2 Å². The molecule has 1 saturated heterocycles. The van der Waals surface area contributed by atoms with E-state index in [0.29, 0.717) is 5.11 Å². The maximum atomic E-state index is 12.5. The van der Waals surface area contributed by atoms with E-state index in [-0.39, 0.29) is 10.8 Å². The van der Waals surface area contributed by atoms with E-state index < -0.39 is 10.0 Å². The summed E-state index contributed by atoms with van der Waals surface area (Å²) in [5.74, 6) is 0.0286. The van der Waals surface area contributed by atoms with E-state index in [4.69, 9.17) is 12.2 Å². The Hall–Kier alpha value is -3.24. The van der Waals surface area contributed by atoms with Gasteiger partial charge in [0, 0.05) is 49.9 Å². The molecule has 33 heavy (non-hydrogen) atoms. The average molecular weight is 483 g/mol. The Bertz CT molecular complexity index is 1230. The first kappa shape index (κ1) is 22.9. The summed E-state index contributed by atoms with van der Waals surface area (Å²) in [5, 5.41) is 3.84. The van der Waals surface area contributed by atoms with Gasteiger partial charge in [0.2, 0.25) is 5.95 Å². The number of rotatable bonds is 5. The summed E-state index contributed by atoms with van der Waals surface area (Å²) in [6.07, 6.45) is 2.95. The Morgan fingerprint density at radius 3 is 2.27 bits per heavy atom. The molecule has 172 valence electrons. The van der Waals surface area contributed by atoms with Gasteiger partial charge in [0.05, 0.1) is 4.90 Å². The molecule has 1 aliphatic rings. The van der Waals surface area contributed by atoms with E-state index in [9.17, 15) is 8.42 Å². The number of anilines is 3. The highest BCUT2D eigenvalue weighted by molar-refractivity contribution is 7.92. The van der Waals surface area contributed by atoms with Crippen LogP contribution in [0.5, 0.6) is 0 Å². The van der Waals surface area contributed by atoms with Crippen molar-refractivity contribution in [1.29, 1.82) is 0 Å². The Morgan fingerprint density at radius 2 is 1.61 bits per heavy atom. The number of aromatic nitrogens is 2. The minimum atomic E-state index is -3.77. The van der Waals surface area contributed by atoms with Crippen molar-refractivity contribution in [3.05, 3.63) is 72.1 Å². The highest BCUT2D eigenvalue weighted by Gasteiger charge is 2.21. The molecule has 0 radical (unpaired) electrons. The number of piperazine rings is 1. The van der Waals surface area contributed by atoms with E-state index in [1.807, 2.05) is 0 Å². The standard InChI is InChI=1S/C23H26N6O2S2/c1-17-5-3-6-21(18(17)2)28-13-15-29(16-14-28)23(32)26-19-7-9-20(10-8-19)33(30,31)27-22-24-11-4-12-25-22/h3-12H,13-16H2,1-2H3,(H,26,32)(H,24,25,27). The summed E-state index contributed by atoms with van der Waals surface area (Å²) in [6.45, 7) is 7.69. The zero-order valence-corrected chi connectivity index (χ0v) is 20.2. The summed E-state index contributed by atoms with van der Waals surface area (Å²) >= 11 is 5.60. The fraction of sp³-hybridized carbons (Fsp3) is 0.261. The van der Waals surface area contributed by atoms with Crippen molar-refractivity contribution in [1.82, 2.24) is 14.9 Å². The second-order valence-corrected chi connectivity index (χ2v) is 9.89. The average Bonchev–Trinajstić information content (AvgIpc) is 2.82. The zero-order valence-electron chi connectivity index (χ0n) is 18.5. The van der Waals surface area contributed by atoms with E-state index in [2.05, 4.69) is 61.9 Å². The van der Waals surface area contributed by atoms with Gasteiger partial charge in [0.15, 0.2) is 5.11 Å². The van der Waals surface area contributed by atoms with Crippen molar-refractivity contribution in [3.63, 3.8) is 0 Å². The van der Waals surface area contributed by atoms with Crippen LogP contribution in [0.15, 0.2) is 65.8 Å². The first-order valence-electron chi connectivity index (χ1n) is 10.6. The Morgan fingerprint density at radius 1 is 0.939 bits per heavy atom. The van der Waals surface area contributed by atoms with Crippen LogP contribution in [-0.2, 0) is 10.0 Å². The summed E-state index contributed by atoms with van der Waals surface area (Å²) in [5.41, 5.74) is 4.62. The molecule has 0 aliphatic carbocycles. The Labute approximate surface area is 199 Å². The fourth-order valence-electron chi connectivity index (χ4n) is 3.68. The molecule has 4 rings (SSSR count). The third-order valence-electron chi connectivity index (χ3n) is 5.69. The maximum absolute atomic E-state index is 12.5. The number of nitrogens with zero attached hydrogens (tertiary/aromatic N) is 4. The van der Waals surface area contributed by atoms with Crippen molar-refractivity contribution in [3.8, 4) is 0 Å². The molecule has 1 aromatic heterocycles. The first-order valence-corrected chi connectivity index (χ1v) is 12.5. The van der Waals surface area contributed by atoms with Gasteiger partial charge in [0.1, 0.15) is 0 Å². The summed E-state index contributed by atoms with van der Waals surface area (Å²) in [7, 11) is -3.77. The van der Waals surface area contributed by atoms with Gasteiger partial charge in [-0.25, -0.2) is 23.1 Å². The van der Waals surface area contributed by atoms with Crippen LogP contribution in [0, 0.1) is 13.8 Å². The van der Waals surface area contributed by atoms with Gasteiger partial charge in [-0.05, 0) is 73.6 Å². The number of sulfonamides is 1. The molecular weight excluding hydrogens is 456 g/mol. The summed E-state index contributed by atoms with van der Waals surface area (Å²) in [6, 6.07) is 14.5. The predicted molar refractivity (Wildman–Crippen MR) is 135 cm³/mol. The lowest BCUT2D eigenvalue weighted by molar-refractivity contribution is 0.390. The lowest BCUT2D eigenvalue weighted by Gasteiger charge is -2.38. The van der Waals surface area contributed by atoms with Crippen LogP contribution in [-0.4, -0.2) is 54.6 Å². The third kappa shape index (κ3) is 5.40. The number of hydrogen-bond donors (Lipinski definition) is 2. The molecule has 1 aliphatic heterocycles. The van der Waals surface area contributed by atoms with Gasteiger partial charge >= 0.3 is 0 Å². The van der Waals surface area contributed by atoms with Crippen LogP contribution < -0.4 is 14.9 Å². The SMILES string of the molecule is Cc1cccc(N2CCN(C(=S)Nc3ccc(S(=O)(=O)Nc4ncccn4)cc3)CC2)c1C. The van der Waals surface area contributed by atoms with Crippen molar-refractivity contribution in [2.75, 3.05) is 41.1 Å². The van der Waals surface area contributed by atoms with Gasteiger partial charge in [-0.1, -0.05) is 12.1 Å². The quantitative estimate of drug-likeness (QED) is 0.535. The summed E-state index contributed by atoms with van der Waals surface area (Å²) < 4.78 is 27.4. The normalized spacial score (nSPS) is 14.1. The lowest BCUT2D eigenvalue weighted by Crippen LogP contribution is -2.50. The molecule has 1 fully saturated rings. The molecule has 2 heterocycles. The predicted octanol–water partition coefficient (Wildman–Crippen LogP) is 3.41. The maximum Gasteiger partial charge on any atom is 0.264 e. The van der Waals surface area contributed by atoms with Gasteiger partial charge < -0.3 is 15.1 Å². The number of hydrogen-bond acceptors (Lipinski definition) is 6. The van der Waals surface area contributed by atoms with Crippen LogP contribution in [0.4, 0.5) is 17.3 Å². The minimum Gasteiger partial charge on any atom is -0.368 e. The van der Waals surface area contributed by atoms with Crippen LogP contribution in [0.1, 0.15) is 11.1 Å². The van der Waals surface area contributed by atoms with Crippen molar-refractivity contribution < 1.29 is 8.42 Å². The van der Waals surface area contributed by atoms with Crippen LogP contribution in [0.3, 0.4) is 0 Å². The molecule has 2 N–H and O–H groups in total. The van der Waals surface area contributed by atoms with E-state index in [1.54, 1.807) is 18.2 Å². The molecular formula is C23H26N6O2S2. The Balaban J connectivity index is 1.34. The number of thiocarbonyl (C=S) groups is 1. The van der Waals surface area contributed by atoms with Gasteiger partial charge in [-0.2, -0.15) is 0 Å². The third-order valence-corrected chi connectivity index (χ3v) is 7.40. The number of nitrogens with one attached hydrogen (secondary N) is 2. The zero-order chi connectivity index (χ0) is 23.4. The fourth-order valence-corrected chi connectivity index (χ4v) is 4.94. The largest absolute Gasteiger partial charge is 0.368 e. The molecule has 0 saturated carbocycles. The highest BCUT2D eigenvalue weighted by atomic mass is 32.2. The minimum absolute atomic E-state index is 0.0286. The van der Waals surface area contributed by atoms with Gasteiger partial charge in [-0.3, -0.25) is 0 Å². The smallest absolute Gasteiger partial charge is 0.264 e. The topological polar surface area (TPSA) is 90.5 Å². The van der Waals surface area contributed by atoms with Gasteiger partial charge in [-0.15, -0.1) is 0 Å². The second kappa shape index (κ2) is 9.72. The van der Waals surface area contributed by atoms with E-state index in [0.717, 1.165) is 31.9 Å². The first-order chi connectivity index (χ1) is 15.8. The number of aryl methyl sites for hydroxylation is 1. The molecule has 3 aromatic rings. The second-order valence-electron chi connectivity index (χ2n) is 7.83. The summed E-state index contributed by atoms with van der Waals surface area (Å²) in [4.78, 5) is 12.4. The monoisotopic (exact) mass is 482 g/mol. The highest BCUT2D eigenvalue weighted by Crippen LogP contribution is 2.24. The van der Waals surface area contributed by atoms with Crippen molar-refractivity contribution >= 4 is 44.7 Å². The molecule has 0 spiro atoms. The van der Waals surface area contributed by atoms with E-state index >= 15 is 0 Å². The van der Waals surface area contributed by atoms with Crippen LogP contribution in [0.25, 0.3) is 0 Å².